The largest absolute Gasteiger partial charge is 0.337 e. The van der Waals surface area contributed by atoms with Crippen molar-refractivity contribution in [1.29, 1.82) is 0 Å². The lowest BCUT2D eigenvalue weighted by Crippen LogP contribution is -2.40. The lowest BCUT2D eigenvalue weighted by molar-refractivity contribution is 0.240. The molecule has 1 aliphatic rings. The molecule has 1 aromatic carbocycles. The van der Waals surface area contributed by atoms with Crippen LogP contribution in [-0.2, 0) is 16.4 Å². The van der Waals surface area contributed by atoms with Crippen LogP contribution in [-0.4, -0.2) is 32.0 Å². The standard InChI is InChI=1S/C14H19ClN2O3S/c1-10-7-11(4-5-13(10)15)8-16-14(18)17-9-12-3-2-6-21(12,19)20/h4-5,7,12H,2-3,6,8-9H2,1H3,(H2,16,17,18). The first-order valence-corrected chi connectivity index (χ1v) is 8.96. The summed E-state index contributed by atoms with van der Waals surface area (Å²) in [6.45, 7) is 2.45. The van der Waals surface area contributed by atoms with Gasteiger partial charge in [-0.15, -0.1) is 0 Å². The number of urea groups is 1. The van der Waals surface area contributed by atoms with E-state index >= 15 is 0 Å². The second kappa shape index (κ2) is 6.66. The molecule has 0 aromatic heterocycles. The van der Waals surface area contributed by atoms with Crippen LogP contribution in [0.1, 0.15) is 24.0 Å². The predicted octanol–water partition coefficient (Wildman–Crippen LogP) is 2.02. The van der Waals surface area contributed by atoms with Crippen LogP contribution in [0.3, 0.4) is 0 Å². The molecule has 1 saturated heterocycles. The number of hydrogen-bond acceptors (Lipinski definition) is 3. The molecule has 0 bridgehead atoms. The lowest BCUT2D eigenvalue weighted by atomic mass is 10.1. The molecule has 0 spiro atoms. The van der Waals surface area contributed by atoms with Gasteiger partial charge in [0.2, 0.25) is 0 Å². The van der Waals surface area contributed by atoms with E-state index in [-0.39, 0.29) is 18.3 Å². The molecule has 116 valence electrons. The van der Waals surface area contributed by atoms with Gasteiger partial charge in [0, 0.05) is 18.1 Å². The summed E-state index contributed by atoms with van der Waals surface area (Å²) in [5.41, 5.74) is 1.90. The van der Waals surface area contributed by atoms with E-state index in [1.54, 1.807) is 6.07 Å². The van der Waals surface area contributed by atoms with Crippen LogP contribution in [0.5, 0.6) is 0 Å². The van der Waals surface area contributed by atoms with Gasteiger partial charge in [-0.25, -0.2) is 13.2 Å². The Bertz CT molecular complexity index is 631. The highest BCUT2D eigenvalue weighted by Crippen LogP contribution is 2.19. The predicted molar refractivity (Wildman–Crippen MR) is 83.2 cm³/mol. The summed E-state index contributed by atoms with van der Waals surface area (Å²) in [4.78, 5) is 11.7. The maximum absolute atomic E-state index is 11.7. The third kappa shape index (κ3) is 4.35. The monoisotopic (exact) mass is 330 g/mol. The van der Waals surface area contributed by atoms with Gasteiger partial charge in [-0.3, -0.25) is 0 Å². The second-order valence-corrected chi connectivity index (χ2v) is 8.09. The third-order valence-corrected chi connectivity index (χ3v) is 6.33. The Morgan fingerprint density at radius 2 is 2.14 bits per heavy atom. The molecule has 5 nitrogen and oxygen atoms in total. The number of aryl methyl sites for hydroxylation is 1. The van der Waals surface area contributed by atoms with E-state index in [4.69, 9.17) is 11.6 Å². The van der Waals surface area contributed by atoms with E-state index in [1.165, 1.54) is 0 Å². The van der Waals surface area contributed by atoms with Crippen LogP contribution in [0.15, 0.2) is 18.2 Å². The van der Waals surface area contributed by atoms with Crippen LogP contribution in [0.4, 0.5) is 4.79 Å². The number of hydrogen-bond donors (Lipinski definition) is 2. The zero-order valence-corrected chi connectivity index (χ0v) is 13.4. The summed E-state index contributed by atoms with van der Waals surface area (Å²) in [7, 11) is -3.02. The second-order valence-electron chi connectivity index (χ2n) is 5.28. The van der Waals surface area contributed by atoms with Crippen molar-refractivity contribution in [2.45, 2.75) is 31.6 Å². The molecule has 0 aliphatic carbocycles. The van der Waals surface area contributed by atoms with Gasteiger partial charge in [0.25, 0.3) is 0 Å². The fourth-order valence-electron chi connectivity index (χ4n) is 2.36. The Morgan fingerprint density at radius 1 is 1.38 bits per heavy atom. The van der Waals surface area contributed by atoms with E-state index in [0.717, 1.165) is 11.1 Å². The summed E-state index contributed by atoms with van der Waals surface area (Å²) in [5, 5.41) is 5.58. The molecule has 2 rings (SSSR count). The summed E-state index contributed by atoms with van der Waals surface area (Å²) in [5.74, 6) is 0.227. The Kier molecular flexibility index (Phi) is 5.11. The first kappa shape index (κ1) is 16.1. The quantitative estimate of drug-likeness (QED) is 0.887. The summed E-state index contributed by atoms with van der Waals surface area (Å²) in [6, 6.07) is 5.18. The van der Waals surface area contributed by atoms with Crippen LogP contribution < -0.4 is 10.6 Å². The van der Waals surface area contributed by atoms with E-state index in [0.29, 0.717) is 24.4 Å². The van der Waals surface area contributed by atoms with Gasteiger partial charge < -0.3 is 10.6 Å². The average molecular weight is 331 g/mol. The fourth-order valence-corrected chi connectivity index (χ4v) is 4.24. The molecular weight excluding hydrogens is 312 g/mol. The minimum Gasteiger partial charge on any atom is -0.337 e. The van der Waals surface area contributed by atoms with Crippen molar-refractivity contribution in [1.82, 2.24) is 10.6 Å². The SMILES string of the molecule is Cc1cc(CNC(=O)NCC2CCCS2(=O)=O)ccc1Cl. The first-order valence-electron chi connectivity index (χ1n) is 6.87. The smallest absolute Gasteiger partial charge is 0.315 e. The van der Waals surface area contributed by atoms with E-state index in [2.05, 4.69) is 10.6 Å². The highest BCUT2D eigenvalue weighted by Gasteiger charge is 2.31. The number of carbonyl (C=O) groups is 1. The average Bonchev–Trinajstić information content (AvgIpc) is 2.76. The summed E-state index contributed by atoms with van der Waals surface area (Å²) in [6.07, 6.45) is 1.30. The molecule has 7 heteroatoms. The molecule has 21 heavy (non-hydrogen) atoms. The molecule has 0 radical (unpaired) electrons. The molecule has 1 atom stereocenters. The molecule has 1 aliphatic heterocycles. The van der Waals surface area contributed by atoms with Crippen molar-refractivity contribution in [3.63, 3.8) is 0 Å². The van der Waals surface area contributed by atoms with Gasteiger partial charge in [-0.05, 0) is 37.0 Å². The molecule has 0 saturated carbocycles. The molecule has 1 aromatic rings. The molecule has 2 amide bonds. The minimum absolute atomic E-state index is 0.174. The number of benzene rings is 1. The normalized spacial score (nSPS) is 20.2. The lowest BCUT2D eigenvalue weighted by Gasteiger charge is -2.12. The van der Waals surface area contributed by atoms with Crippen LogP contribution >= 0.6 is 11.6 Å². The van der Waals surface area contributed by atoms with Crippen molar-refractivity contribution in [2.75, 3.05) is 12.3 Å². The van der Waals surface area contributed by atoms with E-state index in [9.17, 15) is 13.2 Å². The molecule has 1 unspecified atom stereocenters. The number of amides is 2. The van der Waals surface area contributed by atoms with Gasteiger partial charge in [-0.1, -0.05) is 23.7 Å². The van der Waals surface area contributed by atoms with Gasteiger partial charge >= 0.3 is 6.03 Å². The maximum Gasteiger partial charge on any atom is 0.315 e. The number of sulfone groups is 1. The van der Waals surface area contributed by atoms with E-state index in [1.807, 2.05) is 19.1 Å². The van der Waals surface area contributed by atoms with Crippen LogP contribution in [0.25, 0.3) is 0 Å². The summed E-state index contributed by atoms with van der Waals surface area (Å²) < 4.78 is 23.3. The topological polar surface area (TPSA) is 75.3 Å². The number of halogens is 1. The Hall–Kier alpha value is -1.27. The Morgan fingerprint density at radius 3 is 2.76 bits per heavy atom. The van der Waals surface area contributed by atoms with Gasteiger partial charge in [0.1, 0.15) is 0 Å². The maximum atomic E-state index is 11.7. The van der Waals surface area contributed by atoms with E-state index < -0.39 is 15.1 Å². The van der Waals surface area contributed by atoms with Crippen molar-refractivity contribution in [2.24, 2.45) is 0 Å². The Labute approximate surface area is 130 Å². The van der Waals surface area contributed by atoms with Crippen molar-refractivity contribution >= 4 is 27.5 Å². The van der Waals surface area contributed by atoms with Crippen molar-refractivity contribution in [3.8, 4) is 0 Å². The Balaban J connectivity index is 1.78. The number of carbonyl (C=O) groups excluding carboxylic acids is 1. The van der Waals surface area contributed by atoms with Crippen LogP contribution in [0, 0.1) is 6.92 Å². The molecule has 1 fully saturated rings. The van der Waals surface area contributed by atoms with Gasteiger partial charge in [-0.2, -0.15) is 0 Å². The molecule has 2 N–H and O–H groups in total. The third-order valence-electron chi connectivity index (χ3n) is 3.63. The fraction of sp³-hybridized carbons (Fsp3) is 0.500. The molecular formula is C14H19ClN2O3S. The van der Waals surface area contributed by atoms with Gasteiger partial charge in [0.05, 0.1) is 11.0 Å². The first-order chi connectivity index (χ1) is 9.88. The van der Waals surface area contributed by atoms with Crippen molar-refractivity contribution in [3.05, 3.63) is 34.3 Å². The zero-order valence-electron chi connectivity index (χ0n) is 11.9. The zero-order chi connectivity index (χ0) is 15.5. The van der Waals surface area contributed by atoms with Crippen LogP contribution in [0.2, 0.25) is 5.02 Å². The summed E-state index contributed by atoms with van der Waals surface area (Å²) >= 11 is 5.94. The minimum atomic E-state index is -3.02. The molecule has 1 heterocycles. The highest BCUT2D eigenvalue weighted by molar-refractivity contribution is 7.92. The highest BCUT2D eigenvalue weighted by atomic mass is 35.5. The number of rotatable bonds is 4. The number of nitrogens with one attached hydrogen (secondary N) is 2. The van der Waals surface area contributed by atoms with Crippen molar-refractivity contribution < 1.29 is 13.2 Å². The van der Waals surface area contributed by atoms with Gasteiger partial charge in [0.15, 0.2) is 9.84 Å².